The maximum absolute atomic E-state index is 4.83. The fraction of sp³-hybridized carbons (Fsp3) is 0.400. The number of allylic oxidation sites excluding steroid dienone is 1. The highest BCUT2D eigenvalue weighted by atomic mass is 16.5. The van der Waals surface area contributed by atoms with Crippen LogP contribution in [0.25, 0.3) is 0 Å². The topological polar surface area (TPSA) is 9.23 Å². The van der Waals surface area contributed by atoms with Crippen molar-refractivity contribution in [1.82, 2.24) is 0 Å². The molecule has 0 aromatic heterocycles. The van der Waals surface area contributed by atoms with Gasteiger partial charge in [0, 0.05) is 6.42 Å². The summed E-state index contributed by atoms with van der Waals surface area (Å²) < 4.78 is 4.83. The third-order valence-electron chi connectivity index (χ3n) is 0.709. The Morgan fingerprint density at radius 2 is 2.50 bits per heavy atom. The Labute approximate surface area is 37.6 Å². The van der Waals surface area contributed by atoms with Crippen LogP contribution in [0.5, 0.6) is 0 Å². The van der Waals surface area contributed by atoms with Gasteiger partial charge in [-0.1, -0.05) is 0 Å². The van der Waals surface area contributed by atoms with Gasteiger partial charge in [0.15, 0.2) is 0 Å². The van der Waals surface area contributed by atoms with Crippen LogP contribution in [0.4, 0.5) is 0 Å². The van der Waals surface area contributed by atoms with E-state index in [9.17, 15) is 0 Å². The van der Waals surface area contributed by atoms with Crippen LogP contribution in [0.2, 0.25) is 0 Å². The maximum atomic E-state index is 4.83. The quantitative estimate of drug-likeness (QED) is 0.426. The number of ether oxygens (including phenoxy) is 1. The molecule has 0 fully saturated rings. The van der Waals surface area contributed by atoms with Crippen molar-refractivity contribution < 1.29 is 4.74 Å². The van der Waals surface area contributed by atoms with Crippen LogP contribution >= 0.6 is 0 Å². The first-order chi connectivity index (χ1) is 3.00. The molecular formula is C5H7O. The smallest absolute Gasteiger partial charge is 0.0908 e. The number of hydrogen-bond donors (Lipinski definition) is 0. The Balaban J connectivity index is 2.26. The molecule has 33 valence electrons. The third kappa shape index (κ3) is 0.744. The van der Waals surface area contributed by atoms with Gasteiger partial charge in [0.1, 0.15) is 0 Å². The molecule has 1 aliphatic heterocycles. The van der Waals surface area contributed by atoms with E-state index in [1.54, 1.807) is 6.26 Å². The second-order valence-corrected chi connectivity index (χ2v) is 1.23. The van der Waals surface area contributed by atoms with Crippen LogP contribution in [0.1, 0.15) is 6.42 Å². The van der Waals surface area contributed by atoms with Gasteiger partial charge in [0.05, 0.1) is 12.9 Å². The van der Waals surface area contributed by atoms with Gasteiger partial charge < -0.3 is 4.74 Å². The van der Waals surface area contributed by atoms with Crippen molar-refractivity contribution in [1.29, 1.82) is 0 Å². The normalized spacial score (nSPS) is 20.0. The summed E-state index contributed by atoms with van der Waals surface area (Å²) >= 11 is 0. The minimum absolute atomic E-state index is 0.788. The summed E-state index contributed by atoms with van der Waals surface area (Å²) in [6.45, 7) is 0.788. The number of rotatable bonds is 0. The van der Waals surface area contributed by atoms with Crippen molar-refractivity contribution >= 4 is 0 Å². The van der Waals surface area contributed by atoms with Crippen LogP contribution in [-0.2, 0) is 4.74 Å². The molecule has 0 spiro atoms. The van der Waals surface area contributed by atoms with Gasteiger partial charge in [-0.25, -0.2) is 0 Å². The molecule has 1 rings (SSSR count). The summed E-state index contributed by atoms with van der Waals surface area (Å²) in [6.07, 6.45) is 6.88. The lowest BCUT2D eigenvalue weighted by Crippen LogP contribution is -1.91. The SMILES string of the molecule is [CH]1CC=COC1. The van der Waals surface area contributed by atoms with E-state index in [0.717, 1.165) is 13.0 Å². The van der Waals surface area contributed by atoms with Crippen molar-refractivity contribution in [3.8, 4) is 0 Å². The number of hydrogen-bond acceptors (Lipinski definition) is 1. The highest BCUT2D eigenvalue weighted by Crippen LogP contribution is 1.96. The lowest BCUT2D eigenvalue weighted by molar-refractivity contribution is 0.265. The molecule has 0 aliphatic carbocycles. The van der Waals surface area contributed by atoms with E-state index in [1.807, 2.05) is 6.08 Å². The summed E-state index contributed by atoms with van der Waals surface area (Å²) in [7, 11) is 0. The van der Waals surface area contributed by atoms with E-state index in [0.29, 0.717) is 0 Å². The summed E-state index contributed by atoms with van der Waals surface area (Å²) in [5.41, 5.74) is 0. The van der Waals surface area contributed by atoms with Crippen LogP contribution in [0.3, 0.4) is 0 Å². The Kier molecular flexibility index (Phi) is 1.15. The predicted molar refractivity (Wildman–Crippen MR) is 24.0 cm³/mol. The molecule has 0 aromatic rings. The molecule has 1 heterocycles. The van der Waals surface area contributed by atoms with Gasteiger partial charge in [-0.2, -0.15) is 0 Å². The maximum Gasteiger partial charge on any atom is 0.0908 e. The highest BCUT2D eigenvalue weighted by Gasteiger charge is 1.87. The molecule has 0 aromatic carbocycles. The highest BCUT2D eigenvalue weighted by molar-refractivity contribution is 4.86. The summed E-state index contributed by atoms with van der Waals surface area (Å²) in [5.74, 6) is 0. The molecule has 0 bridgehead atoms. The largest absolute Gasteiger partial charge is 0.501 e. The standard InChI is InChI=1S/C5H7O/c1-2-4-6-5-3-1/h2-4H,1,5H2. The molecule has 1 aliphatic rings. The van der Waals surface area contributed by atoms with E-state index in [-0.39, 0.29) is 0 Å². The third-order valence-corrected chi connectivity index (χ3v) is 0.709. The average Bonchev–Trinajstić information content (AvgIpc) is 1.72. The van der Waals surface area contributed by atoms with Crippen LogP contribution in [0, 0.1) is 6.42 Å². The van der Waals surface area contributed by atoms with E-state index < -0.39 is 0 Å². The minimum atomic E-state index is 0.788. The molecule has 0 unspecified atom stereocenters. The van der Waals surface area contributed by atoms with Crippen LogP contribution in [0.15, 0.2) is 12.3 Å². The average molecular weight is 83.1 g/mol. The Bertz CT molecular complexity index is 49.0. The van der Waals surface area contributed by atoms with Gasteiger partial charge >= 0.3 is 0 Å². The van der Waals surface area contributed by atoms with Gasteiger partial charge in [-0.05, 0) is 12.5 Å². The van der Waals surface area contributed by atoms with Gasteiger partial charge in [0.2, 0.25) is 0 Å². The van der Waals surface area contributed by atoms with Gasteiger partial charge in [-0.15, -0.1) is 0 Å². The molecule has 1 radical (unpaired) electrons. The summed E-state index contributed by atoms with van der Waals surface area (Å²) in [6, 6.07) is 0. The fourth-order valence-electron chi connectivity index (χ4n) is 0.411. The molecule has 0 atom stereocenters. The zero-order valence-electron chi connectivity index (χ0n) is 3.55. The molecule has 6 heavy (non-hydrogen) atoms. The zero-order valence-corrected chi connectivity index (χ0v) is 3.55. The second-order valence-electron chi connectivity index (χ2n) is 1.23. The minimum Gasteiger partial charge on any atom is -0.501 e. The first-order valence-corrected chi connectivity index (χ1v) is 2.08. The molecule has 0 amide bonds. The van der Waals surface area contributed by atoms with Crippen molar-refractivity contribution in [3.05, 3.63) is 18.8 Å². The molecule has 1 heteroatoms. The van der Waals surface area contributed by atoms with E-state index >= 15 is 0 Å². The first-order valence-electron chi connectivity index (χ1n) is 2.08. The monoisotopic (exact) mass is 83.0 g/mol. The predicted octanol–water partition coefficient (Wildman–Crippen LogP) is 1.12. The van der Waals surface area contributed by atoms with E-state index in [1.165, 1.54) is 0 Å². The lowest BCUT2D eigenvalue weighted by atomic mass is 10.3. The van der Waals surface area contributed by atoms with E-state index in [2.05, 4.69) is 6.42 Å². The van der Waals surface area contributed by atoms with Crippen LogP contribution in [-0.4, -0.2) is 6.61 Å². The van der Waals surface area contributed by atoms with Gasteiger partial charge in [0.25, 0.3) is 0 Å². The van der Waals surface area contributed by atoms with Crippen molar-refractivity contribution in [2.75, 3.05) is 6.61 Å². The Hall–Kier alpha value is -0.460. The van der Waals surface area contributed by atoms with Crippen molar-refractivity contribution in [2.24, 2.45) is 0 Å². The molecule has 1 nitrogen and oxygen atoms in total. The Morgan fingerprint density at radius 3 is 2.67 bits per heavy atom. The Morgan fingerprint density at radius 1 is 1.50 bits per heavy atom. The lowest BCUT2D eigenvalue weighted by Gasteiger charge is -2.01. The molecule has 0 saturated heterocycles. The molecule has 0 saturated carbocycles. The van der Waals surface area contributed by atoms with Crippen molar-refractivity contribution in [2.45, 2.75) is 6.42 Å². The van der Waals surface area contributed by atoms with Crippen LogP contribution < -0.4 is 0 Å². The van der Waals surface area contributed by atoms with Gasteiger partial charge in [-0.3, -0.25) is 0 Å². The summed E-state index contributed by atoms with van der Waals surface area (Å²) in [4.78, 5) is 0. The first kappa shape index (κ1) is 3.72. The molecule has 0 N–H and O–H groups in total. The van der Waals surface area contributed by atoms with Crippen molar-refractivity contribution in [3.63, 3.8) is 0 Å². The van der Waals surface area contributed by atoms with E-state index in [4.69, 9.17) is 4.74 Å². The molecular weight excluding hydrogens is 76.1 g/mol. The second kappa shape index (κ2) is 1.85. The summed E-state index contributed by atoms with van der Waals surface area (Å²) in [5, 5.41) is 0. The zero-order chi connectivity index (χ0) is 4.24. The fourth-order valence-corrected chi connectivity index (χ4v) is 0.411.